The molecule has 18 heavy (non-hydrogen) atoms. The van der Waals surface area contributed by atoms with E-state index in [4.69, 9.17) is 5.73 Å². The minimum absolute atomic E-state index is 0.290. The molecule has 0 radical (unpaired) electrons. The van der Waals surface area contributed by atoms with Crippen LogP contribution in [0.5, 0.6) is 0 Å². The van der Waals surface area contributed by atoms with Crippen molar-refractivity contribution in [2.45, 2.75) is 26.4 Å². The minimum Gasteiger partial charge on any atom is -0.397 e. The van der Waals surface area contributed by atoms with Crippen LogP contribution in [0.4, 0.5) is 15.8 Å². The average Bonchev–Trinajstić information content (AvgIpc) is 2.27. The Balaban J connectivity index is 0.00000137. The van der Waals surface area contributed by atoms with Crippen LogP contribution in [0.25, 0.3) is 0 Å². The molecule has 102 valence electrons. The van der Waals surface area contributed by atoms with Crippen LogP contribution in [-0.2, 0) is 0 Å². The predicted molar refractivity (Wildman–Crippen MR) is 79.3 cm³/mol. The topological polar surface area (TPSA) is 58.3 Å². The first-order valence-corrected chi connectivity index (χ1v) is 6.22. The lowest BCUT2D eigenvalue weighted by Crippen LogP contribution is -2.29. The molecular formula is C13H20BrFN2O. The van der Waals surface area contributed by atoms with Crippen molar-refractivity contribution in [1.29, 1.82) is 0 Å². The van der Waals surface area contributed by atoms with E-state index in [2.05, 4.69) is 34.4 Å². The lowest BCUT2D eigenvalue weighted by atomic mass is 10.1. The highest BCUT2D eigenvalue weighted by Crippen LogP contribution is 2.33. The van der Waals surface area contributed by atoms with E-state index in [1.165, 1.54) is 0 Å². The zero-order chi connectivity index (χ0) is 14.5. The number of hydrogen-bond acceptors (Lipinski definition) is 3. The first kappa shape index (κ1) is 16.9. The number of nitrogens with one attached hydrogen (secondary N) is 1. The van der Waals surface area contributed by atoms with Gasteiger partial charge in [0, 0.05) is 6.54 Å². The fourth-order valence-electron chi connectivity index (χ4n) is 1.26. The number of nitrogen functional groups attached to an aromatic ring is 1. The van der Waals surface area contributed by atoms with Crippen molar-refractivity contribution in [2.75, 3.05) is 17.6 Å². The maximum Gasteiger partial charge on any atom is 0.142 e. The standard InChI is InChI=1S/C11H16BrFN2O.C2H4/c1-6-4-7(14)10(8(12)9(6)13)15-5-11(2,3)16;1-2/h4,15-16H,5,14H2,1-3H3;1-2H2. The maximum absolute atomic E-state index is 13.6. The van der Waals surface area contributed by atoms with Gasteiger partial charge < -0.3 is 16.2 Å². The fourth-order valence-corrected chi connectivity index (χ4v) is 1.94. The van der Waals surface area contributed by atoms with Crippen molar-refractivity contribution in [2.24, 2.45) is 0 Å². The van der Waals surface area contributed by atoms with Gasteiger partial charge in [-0.2, -0.15) is 0 Å². The third kappa shape index (κ3) is 4.66. The Morgan fingerprint density at radius 1 is 1.50 bits per heavy atom. The Labute approximate surface area is 116 Å². The summed E-state index contributed by atoms with van der Waals surface area (Å²) in [6.07, 6.45) is 0. The van der Waals surface area contributed by atoms with E-state index in [-0.39, 0.29) is 12.4 Å². The first-order valence-electron chi connectivity index (χ1n) is 5.42. The van der Waals surface area contributed by atoms with E-state index in [9.17, 15) is 9.50 Å². The summed E-state index contributed by atoms with van der Waals surface area (Å²) < 4.78 is 13.9. The SMILES string of the molecule is C=C.Cc1cc(N)c(NCC(C)(C)O)c(Br)c1F. The second-order valence-corrected chi connectivity index (χ2v) is 5.24. The highest BCUT2D eigenvalue weighted by molar-refractivity contribution is 9.10. The average molecular weight is 319 g/mol. The highest BCUT2D eigenvalue weighted by atomic mass is 79.9. The minimum atomic E-state index is -0.882. The number of hydrogen-bond donors (Lipinski definition) is 3. The number of anilines is 2. The van der Waals surface area contributed by atoms with Gasteiger partial charge >= 0.3 is 0 Å². The van der Waals surface area contributed by atoms with Crippen molar-refractivity contribution in [3.8, 4) is 0 Å². The van der Waals surface area contributed by atoms with Gasteiger partial charge in [0.15, 0.2) is 0 Å². The summed E-state index contributed by atoms with van der Waals surface area (Å²) in [5.41, 5.74) is 6.31. The summed E-state index contributed by atoms with van der Waals surface area (Å²) in [6.45, 7) is 11.3. The zero-order valence-electron chi connectivity index (χ0n) is 11.0. The van der Waals surface area contributed by atoms with Crippen LogP contribution in [0.2, 0.25) is 0 Å². The molecule has 0 amide bonds. The molecule has 1 aromatic carbocycles. The molecule has 0 aromatic heterocycles. The summed E-state index contributed by atoms with van der Waals surface area (Å²) in [5.74, 6) is -0.340. The van der Waals surface area contributed by atoms with E-state index in [1.54, 1.807) is 26.8 Å². The van der Waals surface area contributed by atoms with Gasteiger partial charge in [-0.25, -0.2) is 4.39 Å². The largest absolute Gasteiger partial charge is 0.397 e. The Bertz CT molecular complexity index is 416. The molecule has 0 saturated carbocycles. The number of aryl methyl sites for hydroxylation is 1. The molecule has 0 unspecified atom stereocenters. The van der Waals surface area contributed by atoms with Crippen LogP contribution in [0.1, 0.15) is 19.4 Å². The van der Waals surface area contributed by atoms with Gasteiger partial charge in [-0.3, -0.25) is 0 Å². The summed E-state index contributed by atoms with van der Waals surface area (Å²) in [5, 5.41) is 12.5. The van der Waals surface area contributed by atoms with Crippen molar-refractivity contribution >= 4 is 27.3 Å². The van der Waals surface area contributed by atoms with Crippen LogP contribution in [0, 0.1) is 12.7 Å². The molecule has 0 spiro atoms. The maximum atomic E-state index is 13.6. The number of halogens is 2. The van der Waals surface area contributed by atoms with Crippen LogP contribution in [-0.4, -0.2) is 17.3 Å². The molecule has 0 aliphatic carbocycles. The van der Waals surface area contributed by atoms with Gasteiger partial charge in [-0.15, -0.1) is 13.2 Å². The third-order valence-electron chi connectivity index (χ3n) is 2.12. The quantitative estimate of drug-likeness (QED) is 0.591. The monoisotopic (exact) mass is 318 g/mol. The molecule has 0 heterocycles. The molecule has 0 bridgehead atoms. The summed E-state index contributed by atoms with van der Waals surface area (Å²) in [7, 11) is 0. The van der Waals surface area contributed by atoms with Crippen LogP contribution in [0.15, 0.2) is 23.7 Å². The molecule has 4 N–H and O–H groups in total. The van der Waals surface area contributed by atoms with Crippen LogP contribution in [0.3, 0.4) is 0 Å². The second-order valence-electron chi connectivity index (χ2n) is 4.45. The van der Waals surface area contributed by atoms with Gasteiger partial charge in [-0.1, -0.05) is 0 Å². The number of aliphatic hydroxyl groups is 1. The Kier molecular flexibility index (Phi) is 6.35. The van der Waals surface area contributed by atoms with E-state index >= 15 is 0 Å². The highest BCUT2D eigenvalue weighted by Gasteiger charge is 2.16. The summed E-state index contributed by atoms with van der Waals surface area (Å²) >= 11 is 3.15. The molecule has 0 aliphatic heterocycles. The van der Waals surface area contributed by atoms with Crippen molar-refractivity contribution in [3.05, 3.63) is 35.1 Å². The lowest BCUT2D eigenvalue weighted by molar-refractivity contribution is 0.0945. The number of benzene rings is 1. The molecule has 0 aliphatic rings. The summed E-state index contributed by atoms with van der Waals surface area (Å²) in [4.78, 5) is 0. The molecule has 1 aromatic rings. The molecule has 0 atom stereocenters. The van der Waals surface area contributed by atoms with Gasteiger partial charge in [0.05, 0.1) is 21.4 Å². The van der Waals surface area contributed by atoms with Crippen molar-refractivity contribution in [1.82, 2.24) is 0 Å². The second kappa shape index (κ2) is 6.75. The van der Waals surface area contributed by atoms with Gasteiger partial charge in [0.1, 0.15) is 5.82 Å². The Morgan fingerprint density at radius 3 is 2.44 bits per heavy atom. The molecule has 0 fully saturated rings. The predicted octanol–water partition coefficient (Wildman–Crippen LogP) is 3.46. The van der Waals surface area contributed by atoms with E-state index in [0.717, 1.165) is 0 Å². The van der Waals surface area contributed by atoms with E-state index in [1.807, 2.05) is 0 Å². The Morgan fingerprint density at radius 2 is 2.00 bits per heavy atom. The smallest absolute Gasteiger partial charge is 0.142 e. The van der Waals surface area contributed by atoms with Crippen LogP contribution < -0.4 is 11.1 Å². The number of nitrogens with two attached hydrogens (primary N) is 1. The van der Waals surface area contributed by atoms with Gasteiger partial charge in [-0.05, 0) is 48.3 Å². The molecule has 1 rings (SSSR count). The summed E-state index contributed by atoms with van der Waals surface area (Å²) in [6, 6.07) is 1.56. The van der Waals surface area contributed by atoms with E-state index in [0.29, 0.717) is 21.4 Å². The molecule has 5 heteroatoms. The van der Waals surface area contributed by atoms with Gasteiger partial charge in [0.25, 0.3) is 0 Å². The van der Waals surface area contributed by atoms with Crippen molar-refractivity contribution < 1.29 is 9.50 Å². The fraction of sp³-hybridized carbons (Fsp3) is 0.385. The molecule has 0 saturated heterocycles. The zero-order valence-corrected chi connectivity index (χ0v) is 12.6. The molecular weight excluding hydrogens is 299 g/mol. The third-order valence-corrected chi connectivity index (χ3v) is 2.86. The van der Waals surface area contributed by atoms with Crippen molar-refractivity contribution in [3.63, 3.8) is 0 Å². The van der Waals surface area contributed by atoms with Crippen LogP contribution >= 0.6 is 15.9 Å². The first-order chi connectivity index (χ1) is 8.22. The number of rotatable bonds is 3. The lowest BCUT2D eigenvalue weighted by Gasteiger charge is -2.20. The Hall–Kier alpha value is -1.07. The molecule has 3 nitrogen and oxygen atoms in total. The van der Waals surface area contributed by atoms with Gasteiger partial charge in [0.2, 0.25) is 0 Å². The normalized spacial score (nSPS) is 10.6. The van der Waals surface area contributed by atoms with E-state index < -0.39 is 5.60 Å².